The zero-order chi connectivity index (χ0) is 25.8. The number of nitrogens with zero attached hydrogens (tertiary/aromatic N) is 1. The summed E-state index contributed by atoms with van der Waals surface area (Å²) in [6, 6.07) is 26.5. The van der Waals surface area contributed by atoms with Crippen molar-refractivity contribution in [2.75, 3.05) is 27.2 Å². The van der Waals surface area contributed by atoms with E-state index < -0.39 is 0 Å². The van der Waals surface area contributed by atoms with Crippen molar-refractivity contribution in [2.45, 2.75) is 46.0 Å². The molecule has 4 heteroatoms. The van der Waals surface area contributed by atoms with Crippen LogP contribution in [0.25, 0.3) is 11.1 Å². The molecule has 3 aromatic carbocycles. The van der Waals surface area contributed by atoms with Gasteiger partial charge in [-0.1, -0.05) is 74.4 Å². The van der Waals surface area contributed by atoms with Crippen molar-refractivity contribution >= 4 is 17.1 Å². The van der Waals surface area contributed by atoms with Gasteiger partial charge in [-0.05, 0) is 86.0 Å². The first-order valence-electron chi connectivity index (χ1n) is 12.9. The fraction of sp³-hybridized carbons (Fsp3) is 0.344. The van der Waals surface area contributed by atoms with Crippen molar-refractivity contribution in [1.29, 1.82) is 0 Å². The predicted octanol–water partition coefficient (Wildman–Crippen LogP) is 7.48. The Balaban J connectivity index is 1.82. The molecular weight excluding hydrogens is 446 g/mol. The molecule has 0 amide bonds. The third-order valence-corrected chi connectivity index (χ3v) is 6.10. The van der Waals surface area contributed by atoms with Crippen molar-refractivity contribution in [2.24, 2.45) is 0 Å². The number of hydrogen-bond donors (Lipinski definition) is 0. The third-order valence-electron chi connectivity index (χ3n) is 6.10. The summed E-state index contributed by atoms with van der Waals surface area (Å²) in [5.74, 6) is 1.28. The molecule has 0 aromatic heterocycles. The van der Waals surface area contributed by atoms with Gasteiger partial charge in [-0.2, -0.15) is 0 Å². The second-order valence-corrected chi connectivity index (χ2v) is 9.35. The van der Waals surface area contributed by atoms with Gasteiger partial charge in [-0.15, -0.1) is 0 Å². The number of esters is 1. The van der Waals surface area contributed by atoms with E-state index in [0.29, 0.717) is 18.8 Å². The Morgan fingerprint density at radius 3 is 1.94 bits per heavy atom. The van der Waals surface area contributed by atoms with Gasteiger partial charge in [0.15, 0.2) is 0 Å². The highest BCUT2D eigenvalue weighted by atomic mass is 16.5. The van der Waals surface area contributed by atoms with Crippen LogP contribution in [0.5, 0.6) is 11.5 Å². The highest BCUT2D eigenvalue weighted by Gasteiger charge is 2.12. The summed E-state index contributed by atoms with van der Waals surface area (Å²) in [5, 5.41) is 0. The molecule has 0 N–H and O–H groups in total. The summed E-state index contributed by atoms with van der Waals surface area (Å²) >= 11 is 0. The van der Waals surface area contributed by atoms with Crippen LogP contribution >= 0.6 is 0 Å². The van der Waals surface area contributed by atoms with Gasteiger partial charge in [0.1, 0.15) is 11.5 Å². The molecule has 0 radical (unpaired) electrons. The lowest BCUT2D eigenvalue weighted by molar-refractivity contribution is -0.134. The Morgan fingerprint density at radius 1 is 0.750 bits per heavy atom. The minimum atomic E-state index is -0.173. The minimum Gasteiger partial charge on any atom is -0.494 e. The quantitative estimate of drug-likeness (QED) is 0.109. The molecule has 0 heterocycles. The molecule has 0 aliphatic heterocycles. The van der Waals surface area contributed by atoms with Crippen LogP contribution in [0.15, 0.2) is 78.9 Å². The van der Waals surface area contributed by atoms with Crippen LogP contribution < -0.4 is 9.47 Å². The SMILES string of the molecule is CCCCCC(=O)Oc1ccc(/C(=C(\C)c2ccccc2)c2ccc(OCCCN(C)C)cc2)cc1. The summed E-state index contributed by atoms with van der Waals surface area (Å²) in [4.78, 5) is 14.3. The lowest BCUT2D eigenvalue weighted by atomic mass is 9.90. The van der Waals surface area contributed by atoms with E-state index >= 15 is 0 Å². The van der Waals surface area contributed by atoms with Gasteiger partial charge in [0.25, 0.3) is 0 Å². The number of hydrogen-bond acceptors (Lipinski definition) is 4. The number of carbonyl (C=O) groups excluding carboxylic acids is 1. The Hall–Kier alpha value is -3.37. The number of carbonyl (C=O) groups is 1. The Labute approximate surface area is 216 Å². The predicted molar refractivity (Wildman–Crippen MR) is 149 cm³/mol. The first-order chi connectivity index (χ1) is 17.5. The lowest BCUT2D eigenvalue weighted by Crippen LogP contribution is -2.15. The number of benzene rings is 3. The van der Waals surface area contributed by atoms with Crippen LogP contribution in [-0.4, -0.2) is 38.1 Å². The van der Waals surface area contributed by atoms with Crippen molar-refractivity contribution in [3.8, 4) is 11.5 Å². The molecule has 0 bridgehead atoms. The second-order valence-electron chi connectivity index (χ2n) is 9.35. The van der Waals surface area contributed by atoms with Crippen LogP contribution in [0.1, 0.15) is 62.6 Å². The molecular formula is C32H39NO3. The molecule has 0 saturated heterocycles. The van der Waals surface area contributed by atoms with Crippen molar-refractivity contribution in [3.63, 3.8) is 0 Å². The summed E-state index contributed by atoms with van der Waals surface area (Å²) in [6.07, 6.45) is 4.44. The average molecular weight is 486 g/mol. The minimum absolute atomic E-state index is 0.173. The topological polar surface area (TPSA) is 38.8 Å². The van der Waals surface area contributed by atoms with Crippen molar-refractivity contribution in [3.05, 3.63) is 95.6 Å². The summed E-state index contributed by atoms with van der Waals surface area (Å²) in [5.41, 5.74) is 5.67. The first kappa shape index (κ1) is 27.2. The van der Waals surface area contributed by atoms with Gasteiger partial charge in [0.05, 0.1) is 6.61 Å². The van der Waals surface area contributed by atoms with Gasteiger partial charge in [-0.3, -0.25) is 4.79 Å². The molecule has 0 aliphatic carbocycles. The fourth-order valence-electron chi connectivity index (χ4n) is 4.11. The van der Waals surface area contributed by atoms with Crippen molar-refractivity contribution < 1.29 is 14.3 Å². The van der Waals surface area contributed by atoms with E-state index in [1.807, 2.05) is 42.5 Å². The highest BCUT2D eigenvalue weighted by Crippen LogP contribution is 2.34. The van der Waals surface area contributed by atoms with Gasteiger partial charge in [0, 0.05) is 13.0 Å². The van der Waals surface area contributed by atoms with Crippen LogP contribution in [0.2, 0.25) is 0 Å². The van der Waals surface area contributed by atoms with Gasteiger partial charge < -0.3 is 14.4 Å². The lowest BCUT2D eigenvalue weighted by Gasteiger charge is -2.16. The summed E-state index contributed by atoms with van der Waals surface area (Å²) in [6.45, 7) is 5.98. The molecule has 0 saturated carbocycles. The zero-order valence-electron chi connectivity index (χ0n) is 22.1. The smallest absolute Gasteiger partial charge is 0.311 e. The van der Waals surface area contributed by atoms with E-state index in [0.717, 1.165) is 54.7 Å². The Morgan fingerprint density at radius 2 is 1.36 bits per heavy atom. The number of ether oxygens (including phenoxy) is 2. The van der Waals surface area contributed by atoms with Crippen LogP contribution in [0, 0.1) is 0 Å². The van der Waals surface area contributed by atoms with E-state index in [2.05, 4.69) is 69.2 Å². The maximum absolute atomic E-state index is 12.1. The molecule has 190 valence electrons. The van der Waals surface area contributed by atoms with Gasteiger partial charge >= 0.3 is 5.97 Å². The zero-order valence-corrected chi connectivity index (χ0v) is 22.1. The number of unbranched alkanes of at least 4 members (excludes halogenated alkanes) is 2. The van der Waals surface area contributed by atoms with E-state index in [1.165, 1.54) is 11.1 Å². The molecule has 0 atom stereocenters. The van der Waals surface area contributed by atoms with E-state index in [-0.39, 0.29) is 5.97 Å². The fourth-order valence-corrected chi connectivity index (χ4v) is 4.11. The highest BCUT2D eigenvalue weighted by molar-refractivity contribution is 5.98. The first-order valence-corrected chi connectivity index (χ1v) is 12.9. The number of rotatable bonds is 13. The molecule has 0 unspecified atom stereocenters. The summed E-state index contributed by atoms with van der Waals surface area (Å²) < 4.78 is 11.5. The molecule has 0 fully saturated rings. The monoisotopic (exact) mass is 485 g/mol. The van der Waals surface area contributed by atoms with Crippen molar-refractivity contribution in [1.82, 2.24) is 4.90 Å². The molecule has 0 aliphatic rings. The van der Waals surface area contributed by atoms with Crippen LogP contribution in [0.4, 0.5) is 0 Å². The number of allylic oxidation sites excluding steroid dienone is 1. The van der Waals surface area contributed by atoms with Crippen LogP contribution in [-0.2, 0) is 4.79 Å². The molecule has 3 aromatic rings. The second kappa shape index (κ2) is 14.3. The normalized spacial score (nSPS) is 11.8. The largest absolute Gasteiger partial charge is 0.494 e. The maximum Gasteiger partial charge on any atom is 0.311 e. The van der Waals surface area contributed by atoms with E-state index in [4.69, 9.17) is 9.47 Å². The Kier molecular flexibility index (Phi) is 10.8. The molecule has 36 heavy (non-hydrogen) atoms. The average Bonchev–Trinajstić information content (AvgIpc) is 2.89. The molecule has 3 rings (SSSR count). The third kappa shape index (κ3) is 8.39. The molecule has 4 nitrogen and oxygen atoms in total. The van der Waals surface area contributed by atoms with Gasteiger partial charge in [0.2, 0.25) is 0 Å². The molecule has 0 spiro atoms. The standard InChI is InChI=1S/C32H39NO3/c1-5-6-8-14-31(34)36-30-21-17-28(18-22-30)32(25(2)26-12-9-7-10-13-26)27-15-19-29(20-16-27)35-24-11-23-33(3)4/h7,9-10,12-13,15-22H,5-6,8,11,14,23-24H2,1-4H3/b32-25+. The summed E-state index contributed by atoms with van der Waals surface area (Å²) in [7, 11) is 4.14. The van der Waals surface area contributed by atoms with E-state index in [9.17, 15) is 4.79 Å². The van der Waals surface area contributed by atoms with Crippen LogP contribution in [0.3, 0.4) is 0 Å². The Bertz CT molecular complexity index is 1100. The van der Waals surface area contributed by atoms with E-state index in [1.54, 1.807) is 0 Å². The maximum atomic E-state index is 12.1. The van der Waals surface area contributed by atoms with Gasteiger partial charge in [-0.25, -0.2) is 0 Å².